The number of allylic oxidation sites excluding steroid dienone is 1. The van der Waals surface area contributed by atoms with Crippen molar-refractivity contribution in [2.45, 2.75) is 46.5 Å². The van der Waals surface area contributed by atoms with Gasteiger partial charge in [0.05, 0.1) is 5.41 Å². The van der Waals surface area contributed by atoms with Crippen LogP contribution in [0, 0.1) is 11.3 Å². The van der Waals surface area contributed by atoms with Crippen LogP contribution in [-0.2, 0) is 9.59 Å². The molecule has 0 aromatic carbocycles. The van der Waals surface area contributed by atoms with Gasteiger partial charge in [0.15, 0.2) is 0 Å². The number of carbonyl (C=O) groups is 2. The topological polar surface area (TPSA) is 66.4 Å². The number of hydrogen-bond donors (Lipinski definition) is 2. The van der Waals surface area contributed by atoms with Gasteiger partial charge in [-0.15, -0.1) is 0 Å². The molecular weight excluding hydrogens is 230 g/mol. The van der Waals surface area contributed by atoms with Gasteiger partial charge < -0.3 is 10.4 Å². The summed E-state index contributed by atoms with van der Waals surface area (Å²) in [5.74, 6) is -0.396. The Morgan fingerprint density at radius 1 is 1.33 bits per heavy atom. The van der Waals surface area contributed by atoms with E-state index in [2.05, 4.69) is 12.2 Å². The molecule has 102 valence electrons. The predicted octanol–water partition coefficient (Wildman–Crippen LogP) is 2.35. The Morgan fingerprint density at radius 3 is 2.33 bits per heavy atom. The zero-order chi connectivity index (χ0) is 13.8. The Labute approximate surface area is 108 Å². The molecule has 1 aliphatic rings. The second kappa shape index (κ2) is 6.03. The quantitative estimate of drug-likeness (QED) is 0.756. The molecule has 0 aromatic rings. The largest absolute Gasteiger partial charge is 0.481 e. The Hall–Kier alpha value is -1.32. The fourth-order valence-corrected chi connectivity index (χ4v) is 2.35. The van der Waals surface area contributed by atoms with Crippen LogP contribution in [0.3, 0.4) is 0 Å². The van der Waals surface area contributed by atoms with Crippen LogP contribution in [0.5, 0.6) is 0 Å². The number of rotatable bonds is 4. The predicted molar refractivity (Wildman–Crippen MR) is 70.1 cm³/mol. The molecule has 1 rings (SSSR count). The highest BCUT2D eigenvalue weighted by Crippen LogP contribution is 2.38. The van der Waals surface area contributed by atoms with Crippen LogP contribution in [0.25, 0.3) is 0 Å². The zero-order valence-electron chi connectivity index (χ0n) is 11.5. The fourth-order valence-electron chi connectivity index (χ4n) is 2.35. The van der Waals surface area contributed by atoms with Crippen LogP contribution >= 0.6 is 0 Å². The van der Waals surface area contributed by atoms with E-state index < -0.39 is 11.4 Å². The second-order valence-electron chi connectivity index (χ2n) is 5.71. The summed E-state index contributed by atoms with van der Waals surface area (Å²) in [6.45, 7) is 6.06. The molecule has 0 bridgehead atoms. The maximum atomic E-state index is 11.5. The first-order valence-electron chi connectivity index (χ1n) is 6.52. The molecule has 0 unspecified atom stereocenters. The molecule has 0 aromatic heterocycles. The van der Waals surface area contributed by atoms with E-state index in [1.54, 1.807) is 0 Å². The molecule has 1 amide bonds. The van der Waals surface area contributed by atoms with E-state index in [1.807, 2.05) is 13.8 Å². The standard InChI is InChI=1S/C14H23NO3/c1-10(2)8-12(16)15-9-14(13(17)18)6-4-11(3)5-7-14/h8,11H,4-7,9H2,1-3H3,(H,15,16)(H,17,18). The van der Waals surface area contributed by atoms with Gasteiger partial charge in [0.2, 0.25) is 5.91 Å². The molecule has 1 aliphatic carbocycles. The fraction of sp³-hybridized carbons (Fsp3) is 0.714. The Bertz CT molecular complexity index is 348. The van der Waals surface area contributed by atoms with Gasteiger partial charge >= 0.3 is 5.97 Å². The zero-order valence-corrected chi connectivity index (χ0v) is 11.5. The third-order valence-corrected chi connectivity index (χ3v) is 3.71. The summed E-state index contributed by atoms with van der Waals surface area (Å²) < 4.78 is 0. The molecule has 0 heterocycles. The van der Waals surface area contributed by atoms with Crippen molar-refractivity contribution in [1.82, 2.24) is 5.32 Å². The van der Waals surface area contributed by atoms with Gasteiger partial charge in [-0.1, -0.05) is 12.5 Å². The van der Waals surface area contributed by atoms with E-state index in [0.717, 1.165) is 18.4 Å². The first-order valence-corrected chi connectivity index (χ1v) is 6.52. The maximum absolute atomic E-state index is 11.5. The lowest BCUT2D eigenvalue weighted by Crippen LogP contribution is -2.44. The van der Waals surface area contributed by atoms with Crippen molar-refractivity contribution in [3.05, 3.63) is 11.6 Å². The molecule has 18 heavy (non-hydrogen) atoms. The van der Waals surface area contributed by atoms with Gasteiger partial charge in [-0.05, 0) is 45.4 Å². The van der Waals surface area contributed by atoms with Crippen LogP contribution < -0.4 is 5.32 Å². The first-order chi connectivity index (χ1) is 8.35. The van der Waals surface area contributed by atoms with Crippen LogP contribution in [0.15, 0.2) is 11.6 Å². The van der Waals surface area contributed by atoms with Gasteiger partial charge in [-0.25, -0.2) is 0 Å². The normalized spacial score (nSPS) is 27.4. The lowest BCUT2D eigenvalue weighted by atomic mass is 9.71. The van der Waals surface area contributed by atoms with E-state index >= 15 is 0 Å². The van der Waals surface area contributed by atoms with E-state index in [9.17, 15) is 14.7 Å². The van der Waals surface area contributed by atoms with Crippen molar-refractivity contribution in [3.63, 3.8) is 0 Å². The van der Waals surface area contributed by atoms with E-state index in [0.29, 0.717) is 18.8 Å². The van der Waals surface area contributed by atoms with Crippen molar-refractivity contribution in [2.75, 3.05) is 6.54 Å². The molecule has 4 nitrogen and oxygen atoms in total. The van der Waals surface area contributed by atoms with Crippen molar-refractivity contribution < 1.29 is 14.7 Å². The number of carbonyl (C=O) groups excluding carboxylic acids is 1. The maximum Gasteiger partial charge on any atom is 0.311 e. The van der Waals surface area contributed by atoms with E-state index in [-0.39, 0.29) is 12.5 Å². The third kappa shape index (κ3) is 3.86. The van der Waals surface area contributed by atoms with Gasteiger partial charge in [-0.3, -0.25) is 9.59 Å². The lowest BCUT2D eigenvalue weighted by Gasteiger charge is -2.35. The monoisotopic (exact) mass is 253 g/mol. The molecule has 1 saturated carbocycles. The minimum Gasteiger partial charge on any atom is -0.481 e. The molecule has 4 heteroatoms. The highest BCUT2D eigenvalue weighted by molar-refractivity contribution is 5.88. The highest BCUT2D eigenvalue weighted by Gasteiger charge is 2.41. The van der Waals surface area contributed by atoms with Gasteiger partial charge in [-0.2, -0.15) is 0 Å². The summed E-state index contributed by atoms with van der Waals surface area (Å²) >= 11 is 0. The second-order valence-corrected chi connectivity index (χ2v) is 5.71. The van der Waals surface area contributed by atoms with Gasteiger partial charge in [0.25, 0.3) is 0 Å². The smallest absolute Gasteiger partial charge is 0.311 e. The molecule has 0 spiro atoms. The molecule has 0 saturated heterocycles. The SMILES string of the molecule is CC(C)=CC(=O)NCC1(C(=O)O)CCC(C)CC1. The van der Waals surface area contributed by atoms with E-state index in [1.165, 1.54) is 6.08 Å². The van der Waals surface area contributed by atoms with Crippen LogP contribution in [0.4, 0.5) is 0 Å². The molecule has 0 radical (unpaired) electrons. The Morgan fingerprint density at radius 2 is 1.89 bits per heavy atom. The Balaban J connectivity index is 2.62. The van der Waals surface area contributed by atoms with Gasteiger partial charge in [0.1, 0.15) is 0 Å². The summed E-state index contributed by atoms with van der Waals surface area (Å²) in [5, 5.41) is 12.1. The number of amides is 1. The number of carboxylic acid groups (broad SMARTS) is 1. The van der Waals surface area contributed by atoms with Crippen LogP contribution in [0.1, 0.15) is 46.5 Å². The average molecular weight is 253 g/mol. The molecular formula is C14H23NO3. The third-order valence-electron chi connectivity index (χ3n) is 3.71. The minimum absolute atomic E-state index is 0.200. The highest BCUT2D eigenvalue weighted by atomic mass is 16.4. The Kier molecular flexibility index (Phi) is 4.93. The number of aliphatic carboxylic acids is 1. The average Bonchev–Trinajstić information content (AvgIpc) is 2.27. The van der Waals surface area contributed by atoms with Crippen molar-refractivity contribution in [3.8, 4) is 0 Å². The number of nitrogens with one attached hydrogen (secondary N) is 1. The van der Waals surface area contributed by atoms with Crippen molar-refractivity contribution in [2.24, 2.45) is 11.3 Å². The van der Waals surface area contributed by atoms with Crippen LogP contribution in [-0.4, -0.2) is 23.5 Å². The summed E-state index contributed by atoms with van der Waals surface area (Å²) in [6.07, 6.45) is 4.65. The van der Waals surface area contributed by atoms with Gasteiger partial charge in [0, 0.05) is 12.6 Å². The van der Waals surface area contributed by atoms with Crippen LogP contribution in [0.2, 0.25) is 0 Å². The number of hydrogen-bond acceptors (Lipinski definition) is 2. The summed E-state index contributed by atoms with van der Waals surface area (Å²) in [7, 11) is 0. The van der Waals surface area contributed by atoms with Crippen molar-refractivity contribution in [1.29, 1.82) is 0 Å². The first kappa shape index (κ1) is 14.7. The summed E-state index contributed by atoms with van der Waals surface area (Å²) in [5.41, 5.74) is 0.145. The lowest BCUT2D eigenvalue weighted by molar-refractivity contribution is -0.151. The molecule has 2 N–H and O–H groups in total. The molecule has 0 atom stereocenters. The van der Waals surface area contributed by atoms with E-state index in [4.69, 9.17) is 0 Å². The molecule has 0 aliphatic heterocycles. The minimum atomic E-state index is -0.785. The molecule has 1 fully saturated rings. The number of carboxylic acids is 1. The summed E-state index contributed by atoms with van der Waals surface area (Å²) in [6, 6.07) is 0. The summed E-state index contributed by atoms with van der Waals surface area (Å²) in [4.78, 5) is 23.0. The van der Waals surface area contributed by atoms with Crippen molar-refractivity contribution >= 4 is 11.9 Å².